The topological polar surface area (TPSA) is 29.3 Å². The zero-order valence-electron chi connectivity index (χ0n) is 14.4. The summed E-state index contributed by atoms with van der Waals surface area (Å²) in [6, 6.07) is 17.2. The van der Waals surface area contributed by atoms with Crippen LogP contribution in [0.5, 0.6) is 0 Å². The Morgan fingerprint density at radius 2 is 1.59 bits per heavy atom. The number of rotatable bonds is 4. The smallest absolute Gasteiger partial charge is 0.0551 e. The van der Waals surface area contributed by atoms with E-state index in [2.05, 4.69) is 88.3 Å². The van der Waals surface area contributed by atoms with Crippen molar-refractivity contribution < 1.29 is 0 Å². The summed E-state index contributed by atoms with van der Waals surface area (Å²) in [4.78, 5) is 2.17. The summed E-state index contributed by atoms with van der Waals surface area (Å²) in [6.45, 7) is 7.62. The molecular formula is C20H28N2. The molecule has 22 heavy (non-hydrogen) atoms. The minimum Gasteiger partial charge on any atom is -0.320 e. The molecule has 2 nitrogen and oxygen atoms in total. The Bertz CT molecular complexity index is 606. The molecule has 2 aromatic rings. The number of hydrogen-bond donors (Lipinski definition) is 1. The SMILES string of the molecule is CN(C)Cc1cccc(C(N)c2ccc(C(C)(C)C)cc2)c1. The van der Waals surface area contributed by atoms with Crippen molar-refractivity contribution in [1.29, 1.82) is 0 Å². The first-order valence-electron chi connectivity index (χ1n) is 7.87. The highest BCUT2D eigenvalue weighted by atomic mass is 15.0. The highest BCUT2D eigenvalue weighted by molar-refractivity contribution is 5.36. The van der Waals surface area contributed by atoms with Crippen molar-refractivity contribution in [3.63, 3.8) is 0 Å². The second kappa shape index (κ2) is 6.64. The van der Waals surface area contributed by atoms with Crippen LogP contribution in [-0.2, 0) is 12.0 Å². The van der Waals surface area contributed by atoms with Crippen LogP contribution in [0.15, 0.2) is 48.5 Å². The van der Waals surface area contributed by atoms with Crippen molar-refractivity contribution in [3.8, 4) is 0 Å². The van der Waals surface area contributed by atoms with E-state index < -0.39 is 0 Å². The molecule has 0 aliphatic carbocycles. The van der Waals surface area contributed by atoms with Gasteiger partial charge in [0.1, 0.15) is 0 Å². The molecule has 0 heterocycles. The summed E-state index contributed by atoms with van der Waals surface area (Å²) in [6.07, 6.45) is 0. The van der Waals surface area contributed by atoms with Crippen LogP contribution in [0.1, 0.15) is 49.1 Å². The molecule has 0 saturated carbocycles. The molecule has 1 unspecified atom stereocenters. The molecule has 0 radical (unpaired) electrons. The lowest BCUT2D eigenvalue weighted by atomic mass is 9.86. The van der Waals surface area contributed by atoms with Crippen molar-refractivity contribution in [1.82, 2.24) is 4.90 Å². The highest BCUT2D eigenvalue weighted by Gasteiger charge is 2.15. The van der Waals surface area contributed by atoms with Crippen molar-refractivity contribution in [2.45, 2.75) is 38.8 Å². The van der Waals surface area contributed by atoms with E-state index in [0.717, 1.165) is 12.1 Å². The van der Waals surface area contributed by atoms with Gasteiger partial charge in [-0.25, -0.2) is 0 Å². The Labute approximate surface area is 135 Å². The zero-order chi connectivity index (χ0) is 16.3. The maximum absolute atomic E-state index is 6.46. The van der Waals surface area contributed by atoms with Gasteiger partial charge in [0, 0.05) is 6.54 Å². The Morgan fingerprint density at radius 3 is 2.14 bits per heavy atom. The zero-order valence-corrected chi connectivity index (χ0v) is 14.4. The van der Waals surface area contributed by atoms with Gasteiger partial charge in [-0.1, -0.05) is 69.3 Å². The Hall–Kier alpha value is -1.64. The summed E-state index contributed by atoms with van der Waals surface area (Å²) < 4.78 is 0. The summed E-state index contributed by atoms with van der Waals surface area (Å²) in [5.41, 5.74) is 11.6. The van der Waals surface area contributed by atoms with E-state index in [1.165, 1.54) is 16.7 Å². The lowest BCUT2D eigenvalue weighted by molar-refractivity contribution is 0.402. The molecule has 2 N–H and O–H groups in total. The average Bonchev–Trinajstić information content (AvgIpc) is 2.45. The molecular weight excluding hydrogens is 268 g/mol. The molecule has 2 heteroatoms. The lowest BCUT2D eigenvalue weighted by Gasteiger charge is -2.21. The number of nitrogens with two attached hydrogens (primary N) is 1. The minimum absolute atomic E-state index is 0.0730. The minimum atomic E-state index is -0.0730. The summed E-state index contributed by atoms with van der Waals surface area (Å²) >= 11 is 0. The van der Waals surface area contributed by atoms with Crippen LogP contribution in [0.3, 0.4) is 0 Å². The highest BCUT2D eigenvalue weighted by Crippen LogP contribution is 2.26. The maximum atomic E-state index is 6.46. The monoisotopic (exact) mass is 296 g/mol. The fourth-order valence-corrected chi connectivity index (χ4v) is 2.63. The standard InChI is InChI=1S/C20H28N2/c1-20(2,3)18-11-9-16(10-12-18)19(21)17-8-6-7-15(13-17)14-22(4)5/h6-13,19H,14,21H2,1-5H3. The summed E-state index contributed by atoms with van der Waals surface area (Å²) in [5, 5.41) is 0. The van der Waals surface area contributed by atoms with E-state index >= 15 is 0 Å². The van der Waals surface area contributed by atoms with E-state index in [1.807, 2.05) is 0 Å². The van der Waals surface area contributed by atoms with E-state index in [9.17, 15) is 0 Å². The van der Waals surface area contributed by atoms with Gasteiger partial charge in [0.25, 0.3) is 0 Å². The Kier molecular flexibility index (Phi) is 5.05. The van der Waals surface area contributed by atoms with Gasteiger partial charge in [0.15, 0.2) is 0 Å². The molecule has 0 aromatic heterocycles. The van der Waals surface area contributed by atoms with E-state index in [4.69, 9.17) is 5.73 Å². The first-order valence-corrected chi connectivity index (χ1v) is 7.87. The van der Waals surface area contributed by atoms with Gasteiger partial charge >= 0.3 is 0 Å². The molecule has 0 fully saturated rings. The molecule has 0 bridgehead atoms. The van der Waals surface area contributed by atoms with Gasteiger partial charge in [0.2, 0.25) is 0 Å². The van der Waals surface area contributed by atoms with Gasteiger partial charge in [-0.15, -0.1) is 0 Å². The summed E-state index contributed by atoms with van der Waals surface area (Å²) in [7, 11) is 4.16. The second-order valence-corrected chi connectivity index (χ2v) is 7.33. The number of benzene rings is 2. The van der Waals surface area contributed by atoms with Gasteiger partial charge in [0.05, 0.1) is 6.04 Å². The van der Waals surface area contributed by atoms with Crippen LogP contribution in [0.25, 0.3) is 0 Å². The van der Waals surface area contributed by atoms with Crippen LogP contribution in [-0.4, -0.2) is 19.0 Å². The van der Waals surface area contributed by atoms with E-state index in [1.54, 1.807) is 0 Å². The molecule has 1 atom stereocenters. The quantitative estimate of drug-likeness (QED) is 0.920. The molecule has 2 aromatic carbocycles. The fourth-order valence-electron chi connectivity index (χ4n) is 2.63. The van der Waals surface area contributed by atoms with Crippen molar-refractivity contribution >= 4 is 0 Å². The van der Waals surface area contributed by atoms with Crippen LogP contribution >= 0.6 is 0 Å². The normalized spacial score (nSPS) is 13.4. The Morgan fingerprint density at radius 1 is 0.955 bits per heavy atom. The van der Waals surface area contributed by atoms with Gasteiger partial charge in [-0.3, -0.25) is 0 Å². The molecule has 118 valence electrons. The third-order valence-electron chi connectivity index (χ3n) is 3.94. The van der Waals surface area contributed by atoms with Crippen molar-refractivity contribution in [3.05, 3.63) is 70.8 Å². The van der Waals surface area contributed by atoms with Crippen LogP contribution in [0.2, 0.25) is 0 Å². The van der Waals surface area contributed by atoms with Gasteiger partial charge in [-0.2, -0.15) is 0 Å². The first kappa shape index (κ1) is 16.7. The molecule has 2 rings (SSSR count). The molecule has 0 aliphatic rings. The predicted molar refractivity (Wildman–Crippen MR) is 95.0 cm³/mol. The second-order valence-electron chi connectivity index (χ2n) is 7.33. The lowest BCUT2D eigenvalue weighted by Crippen LogP contribution is -2.15. The largest absolute Gasteiger partial charge is 0.320 e. The van der Waals surface area contributed by atoms with E-state index in [0.29, 0.717) is 0 Å². The van der Waals surface area contributed by atoms with Gasteiger partial charge < -0.3 is 10.6 Å². The van der Waals surface area contributed by atoms with E-state index in [-0.39, 0.29) is 11.5 Å². The third-order valence-corrected chi connectivity index (χ3v) is 3.94. The van der Waals surface area contributed by atoms with Crippen molar-refractivity contribution in [2.24, 2.45) is 5.73 Å². The molecule has 0 spiro atoms. The van der Waals surface area contributed by atoms with Crippen molar-refractivity contribution in [2.75, 3.05) is 14.1 Å². The summed E-state index contributed by atoms with van der Waals surface area (Å²) in [5.74, 6) is 0. The van der Waals surface area contributed by atoms with Crippen LogP contribution < -0.4 is 5.73 Å². The predicted octanol–water partition coefficient (Wildman–Crippen LogP) is 4.09. The van der Waals surface area contributed by atoms with Crippen LogP contribution in [0.4, 0.5) is 0 Å². The third kappa shape index (κ3) is 4.19. The number of hydrogen-bond acceptors (Lipinski definition) is 2. The number of nitrogens with zero attached hydrogens (tertiary/aromatic N) is 1. The van der Waals surface area contributed by atoms with Gasteiger partial charge in [-0.05, 0) is 41.8 Å². The molecule has 0 saturated heterocycles. The fraction of sp³-hybridized carbons (Fsp3) is 0.400. The first-order chi connectivity index (χ1) is 10.3. The Balaban J connectivity index is 2.22. The molecule has 0 amide bonds. The average molecular weight is 296 g/mol. The maximum Gasteiger partial charge on any atom is 0.0551 e. The molecule has 0 aliphatic heterocycles. The van der Waals surface area contributed by atoms with Crippen LogP contribution in [0, 0.1) is 0 Å².